The standard InChI is InChI=1S/C20H30N2O4/c1-6-19(23)22-12-16(17(13-22)20(24)21(7-2)8-3)15-11-14(25-4)9-10-18(15)26-5/h9-11,16-17H,6-8,12-13H2,1-5H3. The largest absolute Gasteiger partial charge is 0.497 e. The number of likely N-dealkylation sites (tertiary alicyclic amines) is 1. The minimum atomic E-state index is -0.272. The number of hydrogen-bond donors (Lipinski definition) is 0. The SMILES string of the molecule is CCC(=O)N1CC(C(=O)N(CC)CC)C(c2cc(OC)ccc2OC)C1. The Labute approximate surface area is 156 Å². The first-order chi connectivity index (χ1) is 12.5. The van der Waals surface area contributed by atoms with Gasteiger partial charge in [-0.15, -0.1) is 0 Å². The molecule has 26 heavy (non-hydrogen) atoms. The van der Waals surface area contributed by atoms with Crippen LogP contribution in [0, 0.1) is 5.92 Å². The number of carbonyl (C=O) groups excluding carboxylic acids is 2. The molecule has 0 aliphatic carbocycles. The Bertz CT molecular complexity index is 643. The molecule has 6 heteroatoms. The van der Waals surface area contributed by atoms with Crippen molar-refractivity contribution < 1.29 is 19.1 Å². The maximum atomic E-state index is 13.1. The summed E-state index contributed by atoms with van der Waals surface area (Å²) in [4.78, 5) is 29.0. The number of amides is 2. The molecule has 1 aliphatic rings. The highest BCUT2D eigenvalue weighted by Gasteiger charge is 2.42. The van der Waals surface area contributed by atoms with Crippen molar-refractivity contribution >= 4 is 11.8 Å². The van der Waals surface area contributed by atoms with Crippen LogP contribution in [0.3, 0.4) is 0 Å². The molecule has 2 rings (SSSR count). The lowest BCUT2D eigenvalue weighted by atomic mass is 9.87. The van der Waals surface area contributed by atoms with Gasteiger partial charge in [-0.2, -0.15) is 0 Å². The van der Waals surface area contributed by atoms with Crippen LogP contribution in [0.5, 0.6) is 11.5 Å². The van der Waals surface area contributed by atoms with E-state index in [0.717, 1.165) is 17.1 Å². The van der Waals surface area contributed by atoms with E-state index in [4.69, 9.17) is 9.47 Å². The van der Waals surface area contributed by atoms with E-state index in [1.807, 2.05) is 43.9 Å². The Hall–Kier alpha value is -2.24. The molecule has 0 aromatic heterocycles. The van der Waals surface area contributed by atoms with E-state index in [1.54, 1.807) is 19.1 Å². The Morgan fingerprint density at radius 1 is 1.12 bits per heavy atom. The summed E-state index contributed by atoms with van der Waals surface area (Å²) in [6.07, 6.45) is 0.439. The van der Waals surface area contributed by atoms with Gasteiger partial charge in [0.25, 0.3) is 0 Å². The summed E-state index contributed by atoms with van der Waals surface area (Å²) < 4.78 is 10.9. The predicted octanol–water partition coefficient (Wildman–Crippen LogP) is 2.52. The fourth-order valence-electron chi connectivity index (χ4n) is 3.70. The molecule has 6 nitrogen and oxygen atoms in total. The summed E-state index contributed by atoms with van der Waals surface area (Å²) in [6.45, 7) is 8.11. The number of ether oxygens (including phenoxy) is 2. The number of carbonyl (C=O) groups is 2. The molecule has 1 heterocycles. The Morgan fingerprint density at radius 3 is 2.35 bits per heavy atom. The van der Waals surface area contributed by atoms with Crippen LogP contribution in [-0.2, 0) is 9.59 Å². The second-order valence-electron chi connectivity index (χ2n) is 6.48. The molecule has 1 aromatic carbocycles. The van der Waals surface area contributed by atoms with Crippen LogP contribution in [0.4, 0.5) is 0 Å². The topological polar surface area (TPSA) is 59.1 Å². The summed E-state index contributed by atoms with van der Waals surface area (Å²) in [5.41, 5.74) is 0.920. The fourth-order valence-corrected chi connectivity index (χ4v) is 3.70. The van der Waals surface area contributed by atoms with E-state index < -0.39 is 0 Å². The molecule has 2 unspecified atom stereocenters. The van der Waals surface area contributed by atoms with Crippen LogP contribution in [0.2, 0.25) is 0 Å². The summed E-state index contributed by atoms with van der Waals surface area (Å²) in [6, 6.07) is 5.62. The Morgan fingerprint density at radius 2 is 1.81 bits per heavy atom. The van der Waals surface area contributed by atoms with Gasteiger partial charge in [0.15, 0.2) is 0 Å². The van der Waals surface area contributed by atoms with Gasteiger partial charge in [-0.3, -0.25) is 9.59 Å². The molecule has 1 aliphatic heterocycles. The van der Waals surface area contributed by atoms with E-state index in [1.165, 1.54) is 0 Å². The van der Waals surface area contributed by atoms with Crippen molar-refractivity contribution in [1.82, 2.24) is 9.80 Å². The van der Waals surface area contributed by atoms with Crippen molar-refractivity contribution in [3.63, 3.8) is 0 Å². The highest BCUT2D eigenvalue weighted by Crippen LogP contribution is 2.40. The zero-order valence-electron chi connectivity index (χ0n) is 16.4. The van der Waals surface area contributed by atoms with Crippen molar-refractivity contribution in [1.29, 1.82) is 0 Å². The first-order valence-corrected chi connectivity index (χ1v) is 9.29. The van der Waals surface area contributed by atoms with Crippen LogP contribution in [0.1, 0.15) is 38.7 Å². The van der Waals surface area contributed by atoms with Crippen molar-refractivity contribution in [2.45, 2.75) is 33.1 Å². The van der Waals surface area contributed by atoms with Crippen molar-refractivity contribution in [3.8, 4) is 11.5 Å². The smallest absolute Gasteiger partial charge is 0.228 e. The van der Waals surface area contributed by atoms with E-state index in [0.29, 0.717) is 32.6 Å². The van der Waals surface area contributed by atoms with Gasteiger partial charge in [0, 0.05) is 44.1 Å². The summed E-state index contributed by atoms with van der Waals surface area (Å²) in [5, 5.41) is 0. The predicted molar refractivity (Wildman–Crippen MR) is 101 cm³/mol. The molecular weight excluding hydrogens is 332 g/mol. The molecule has 1 aromatic rings. The lowest BCUT2D eigenvalue weighted by molar-refractivity contribution is -0.135. The number of benzene rings is 1. The average molecular weight is 362 g/mol. The monoisotopic (exact) mass is 362 g/mol. The van der Waals surface area contributed by atoms with E-state index >= 15 is 0 Å². The molecule has 144 valence electrons. The van der Waals surface area contributed by atoms with Gasteiger partial charge in [-0.25, -0.2) is 0 Å². The van der Waals surface area contributed by atoms with E-state index in [2.05, 4.69) is 0 Å². The molecular formula is C20H30N2O4. The van der Waals surface area contributed by atoms with Crippen LogP contribution < -0.4 is 9.47 Å². The number of hydrogen-bond acceptors (Lipinski definition) is 4. The Balaban J connectivity index is 2.44. The molecule has 1 saturated heterocycles. The highest BCUT2D eigenvalue weighted by molar-refractivity contribution is 5.83. The normalized spacial score (nSPS) is 19.3. The van der Waals surface area contributed by atoms with Gasteiger partial charge >= 0.3 is 0 Å². The summed E-state index contributed by atoms with van der Waals surface area (Å²) >= 11 is 0. The lowest BCUT2D eigenvalue weighted by Crippen LogP contribution is -2.39. The number of methoxy groups -OCH3 is 2. The van der Waals surface area contributed by atoms with Crippen molar-refractivity contribution in [3.05, 3.63) is 23.8 Å². The molecule has 0 saturated carbocycles. The second-order valence-corrected chi connectivity index (χ2v) is 6.48. The molecule has 1 fully saturated rings. The van der Waals surface area contributed by atoms with E-state index in [9.17, 15) is 9.59 Å². The molecule has 0 bridgehead atoms. The lowest BCUT2D eigenvalue weighted by Gasteiger charge is -2.26. The summed E-state index contributed by atoms with van der Waals surface area (Å²) in [7, 11) is 3.24. The molecule has 2 amide bonds. The summed E-state index contributed by atoms with van der Waals surface area (Å²) in [5.74, 6) is 1.23. The number of rotatable bonds is 7. The minimum absolute atomic E-state index is 0.0757. The minimum Gasteiger partial charge on any atom is -0.497 e. The molecule has 2 atom stereocenters. The van der Waals surface area contributed by atoms with Crippen molar-refractivity contribution in [2.24, 2.45) is 5.92 Å². The van der Waals surface area contributed by atoms with Gasteiger partial charge in [-0.05, 0) is 32.0 Å². The maximum Gasteiger partial charge on any atom is 0.228 e. The van der Waals surface area contributed by atoms with Crippen molar-refractivity contribution in [2.75, 3.05) is 40.4 Å². The third-order valence-electron chi connectivity index (χ3n) is 5.20. The van der Waals surface area contributed by atoms with Gasteiger partial charge in [0.2, 0.25) is 11.8 Å². The first-order valence-electron chi connectivity index (χ1n) is 9.29. The van der Waals surface area contributed by atoms with Crippen LogP contribution in [0.25, 0.3) is 0 Å². The van der Waals surface area contributed by atoms with Crippen LogP contribution >= 0.6 is 0 Å². The van der Waals surface area contributed by atoms with Crippen LogP contribution in [0.15, 0.2) is 18.2 Å². The third kappa shape index (κ3) is 3.94. The first kappa shape index (κ1) is 20.1. The number of nitrogens with zero attached hydrogens (tertiary/aromatic N) is 2. The zero-order chi connectivity index (χ0) is 19.3. The quantitative estimate of drug-likeness (QED) is 0.748. The van der Waals surface area contributed by atoms with Gasteiger partial charge in [0.05, 0.1) is 20.1 Å². The second kappa shape index (κ2) is 8.92. The molecule has 0 N–H and O–H groups in total. The van der Waals surface area contributed by atoms with Gasteiger partial charge in [0.1, 0.15) is 11.5 Å². The zero-order valence-corrected chi connectivity index (χ0v) is 16.4. The third-order valence-corrected chi connectivity index (χ3v) is 5.20. The maximum absolute atomic E-state index is 13.1. The molecule has 0 spiro atoms. The fraction of sp³-hybridized carbons (Fsp3) is 0.600. The van der Waals surface area contributed by atoms with Crippen LogP contribution in [-0.4, -0.2) is 62.0 Å². The highest BCUT2D eigenvalue weighted by atomic mass is 16.5. The Kier molecular flexibility index (Phi) is 6.89. The van der Waals surface area contributed by atoms with Gasteiger partial charge in [-0.1, -0.05) is 6.92 Å². The molecule has 0 radical (unpaired) electrons. The average Bonchev–Trinajstić information content (AvgIpc) is 3.12. The van der Waals surface area contributed by atoms with E-state index in [-0.39, 0.29) is 23.7 Å². The van der Waals surface area contributed by atoms with Gasteiger partial charge < -0.3 is 19.3 Å².